The van der Waals surface area contributed by atoms with Crippen LogP contribution in [0.4, 0.5) is 0 Å². The van der Waals surface area contributed by atoms with Crippen LogP contribution in [0.1, 0.15) is 10.4 Å². The fourth-order valence-corrected chi connectivity index (χ4v) is 2.66. The van der Waals surface area contributed by atoms with E-state index >= 15 is 0 Å². The van der Waals surface area contributed by atoms with Gasteiger partial charge in [0.05, 0.1) is 10.6 Å². The molecule has 126 valence electrons. The van der Waals surface area contributed by atoms with Crippen LogP contribution in [0.15, 0.2) is 66.7 Å². The van der Waals surface area contributed by atoms with Gasteiger partial charge in [-0.3, -0.25) is 0 Å². The van der Waals surface area contributed by atoms with E-state index in [1.54, 1.807) is 54.6 Å². The molecule has 0 heterocycles. The highest BCUT2D eigenvalue weighted by molar-refractivity contribution is 6.35. The maximum Gasteiger partial charge on any atom is 0.343 e. The maximum absolute atomic E-state index is 12.3. The van der Waals surface area contributed by atoms with Crippen molar-refractivity contribution in [3.63, 3.8) is 0 Å². The molecule has 0 amide bonds. The number of carbonyl (C=O) groups excluding carboxylic acids is 1. The molecule has 0 bridgehead atoms. The molecule has 0 fully saturated rings. The first-order chi connectivity index (χ1) is 12.0. The van der Waals surface area contributed by atoms with Crippen LogP contribution in [0, 0.1) is 0 Å². The summed E-state index contributed by atoms with van der Waals surface area (Å²) >= 11 is 18.0. The van der Waals surface area contributed by atoms with Gasteiger partial charge >= 0.3 is 5.97 Å². The van der Waals surface area contributed by atoms with Crippen LogP contribution in [0.5, 0.6) is 17.2 Å². The number of ether oxygens (including phenoxy) is 2. The first kappa shape index (κ1) is 17.6. The zero-order valence-electron chi connectivity index (χ0n) is 12.7. The lowest BCUT2D eigenvalue weighted by atomic mass is 10.2. The van der Waals surface area contributed by atoms with Crippen molar-refractivity contribution in [1.82, 2.24) is 0 Å². The van der Waals surface area contributed by atoms with Gasteiger partial charge in [-0.05, 0) is 42.5 Å². The summed E-state index contributed by atoms with van der Waals surface area (Å²) in [5.74, 6) is 0.352. The van der Waals surface area contributed by atoms with E-state index in [0.29, 0.717) is 32.1 Å². The highest BCUT2D eigenvalue weighted by atomic mass is 35.5. The van der Waals surface area contributed by atoms with E-state index < -0.39 is 5.97 Å². The second-order valence-corrected chi connectivity index (χ2v) is 6.30. The Kier molecular flexibility index (Phi) is 5.49. The van der Waals surface area contributed by atoms with E-state index in [-0.39, 0.29) is 5.75 Å². The van der Waals surface area contributed by atoms with E-state index in [9.17, 15) is 4.79 Å². The lowest BCUT2D eigenvalue weighted by Gasteiger charge is -2.13. The van der Waals surface area contributed by atoms with Crippen molar-refractivity contribution in [2.75, 3.05) is 0 Å². The minimum absolute atomic E-state index is 0.187. The van der Waals surface area contributed by atoms with Crippen LogP contribution in [0.25, 0.3) is 0 Å². The van der Waals surface area contributed by atoms with E-state index in [1.165, 1.54) is 6.07 Å². The average molecular weight is 394 g/mol. The van der Waals surface area contributed by atoms with Crippen molar-refractivity contribution < 1.29 is 14.3 Å². The minimum Gasteiger partial charge on any atom is -0.452 e. The SMILES string of the molecule is O=C(Oc1cc(Cl)ccc1Oc1ccc(Cl)cc1Cl)c1ccccc1. The lowest BCUT2D eigenvalue weighted by molar-refractivity contribution is 0.0730. The van der Waals surface area contributed by atoms with Gasteiger partial charge in [0.15, 0.2) is 11.5 Å². The first-order valence-corrected chi connectivity index (χ1v) is 8.36. The summed E-state index contributed by atoms with van der Waals surface area (Å²) in [6, 6.07) is 18.2. The molecule has 0 saturated carbocycles. The predicted octanol–water partition coefficient (Wildman–Crippen LogP) is 6.66. The molecular formula is C19H11Cl3O3. The molecule has 3 rings (SSSR count). The number of halogens is 3. The van der Waals surface area contributed by atoms with Crippen LogP contribution >= 0.6 is 34.8 Å². The number of carbonyl (C=O) groups is 1. The molecule has 0 spiro atoms. The van der Waals surface area contributed by atoms with Crippen molar-refractivity contribution >= 4 is 40.8 Å². The topological polar surface area (TPSA) is 35.5 Å². The van der Waals surface area contributed by atoms with Gasteiger partial charge in [0.25, 0.3) is 0 Å². The highest BCUT2D eigenvalue weighted by Gasteiger charge is 2.15. The maximum atomic E-state index is 12.3. The van der Waals surface area contributed by atoms with Crippen molar-refractivity contribution in [3.05, 3.63) is 87.4 Å². The van der Waals surface area contributed by atoms with Gasteiger partial charge in [-0.2, -0.15) is 0 Å². The van der Waals surface area contributed by atoms with Crippen LogP contribution in [-0.2, 0) is 0 Å². The molecule has 0 aliphatic carbocycles. The molecule has 0 radical (unpaired) electrons. The summed E-state index contributed by atoms with van der Waals surface area (Å²) in [4.78, 5) is 12.3. The van der Waals surface area contributed by atoms with Gasteiger partial charge in [0.1, 0.15) is 5.75 Å². The highest BCUT2D eigenvalue weighted by Crippen LogP contribution is 2.37. The fourth-order valence-electron chi connectivity index (χ4n) is 2.06. The van der Waals surface area contributed by atoms with Gasteiger partial charge < -0.3 is 9.47 Å². The third kappa shape index (κ3) is 4.45. The smallest absolute Gasteiger partial charge is 0.343 e. The first-order valence-electron chi connectivity index (χ1n) is 7.22. The molecule has 3 nitrogen and oxygen atoms in total. The largest absolute Gasteiger partial charge is 0.452 e. The van der Waals surface area contributed by atoms with Crippen LogP contribution < -0.4 is 9.47 Å². The van der Waals surface area contributed by atoms with E-state index in [4.69, 9.17) is 44.3 Å². The van der Waals surface area contributed by atoms with Crippen LogP contribution in [0.2, 0.25) is 15.1 Å². The molecule has 6 heteroatoms. The van der Waals surface area contributed by atoms with Crippen LogP contribution in [-0.4, -0.2) is 5.97 Å². The summed E-state index contributed by atoms with van der Waals surface area (Å²) < 4.78 is 11.2. The Balaban J connectivity index is 1.89. The molecule has 0 saturated heterocycles. The minimum atomic E-state index is -0.519. The molecule has 0 atom stereocenters. The van der Waals surface area contributed by atoms with Crippen molar-refractivity contribution in [3.8, 4) is 17.2 Å². The van der Waals surface area contributed by atoms with Crippen molar-refractivity contribution in [1.29, 1.82) is 0 Å². The van der Waals surface area contributed by atoms with Gasteiger partial charge in [-0.1, -0.05) is 53.0 Å². The number of hydrogen-bond acceptors (Lipinski definition) is 3. The third-order valence-corrected chi connectivity index (χ3v) is 4.00. The van der Waals surface area contributed by atoms with E-state index in [0.717, 1.165) is 0 Å². The summed E-state index contributed by atoms with van der Waals surface area (Å²) in [6.07, 6.45) is 0. The molecule has 0 aliphatic heterocycles. The standard InChI is InChI=1S/C19H11Cl3O3/c20-13-6-8-16(15(22)10-13)24-17-9-7-14(21)11-18(17)25-19(23)12-4-2-1-3-5-12/h1-11H. The third-order valence-electron chi connectivity index (χ3n) is 3.23. The number of benzene rings is 3. The van der Waals surface area contributed by atoms with Gasteiger partial charge in [0.2, 0.25) is 0 Å². The average Bonchev–Trinajstić information content (AvgIpc) is 2.60. The Labute approximate surface area is 159 Å². The molecule has 0 unspecified atom stereocenters. The summed E-state index contributed by atoms with van der Waals surface area (Å²) in [5, 5.41) is 1.23. The van der Waals surface area contributed by atoms with Crippen LogP contribution in [0.3, 0.4) is 0 Å². The molecule has 3 aromatic carbocycles. The van der Waals surface area contributed by atoms with Crippen molar-refractivity contribution in [2.24, 2.45) is 0 Å². The number of hydrogen-bond donors (Lipinski definition) is 0. The van der Waals surface area contributed by atoms with Crippen molar-refractivity contribution in [2.45, 2.75) is 0 Å². The Morgan fingerprint density at radius 1 is 0.720 bits per heavy atom. The Morgan fingerprint density at radius 3 is 2.04 bits per heavy atom. The lowest BCUT2D eigenvalue weighted by Crippen LogP contribution is -2.08. The number of esters is 1. The van der Waals surface area contributed by atoms with Gasteiger partial charge in [-0.25, -0.2) is 4.79 Å². The second-order valence-electron chi connectivity index (χ2n) is 5.02. The second kappa shape index (κ2) is 7.79. The van der Waals surface area contributed by atoms with Gasteiger partial charge in [-0.15, -0.1) is 0 Å². The molecular weight excluding hydrogens is 383 g/mol. The zero-order valence-corrected chi connectivity index (χ0v) is 15.0. The van der Waals surface area contributed by atoms with Gasteiger partial charge in [0, 0.05) is 16.1 Å². The Morgan fingerprint density at radius 2 is 1.36 bits per heavy atom. The number of rotatable bonds is 4. The zero-order chi connectivity index (χ0) is 17.8. The summed E-state index contributed by atoms with van der Waals surface area (Å²) in [6.45, 7) is 0. The molecule has 0 N–H and O–H groups in total. The fraction of sp³-hybridized carbons (Fsp3) is 0. The monoisotopic (exact) mass is 392 g/mol. The van der Waals surface area contributed by atoms with E-state index in [1.807, 2.05) is 6.07 Å². The summed E-state index contributed by atoms with van der Waals surface area (Å²) in [7, 11) is 0. The molecule has 0 aliphatic rings. The quantitative estimate of drug-likeness (QED) is 0.367. The molecule has 3 aromatic rings. The normalized spacial score (nSPS) is 10.4. The molecule has 0 aromatic heterocycles. The summed E-state index contributed by atoms with van der Waals surface area (Å²) in [5.41, 5.74) is 0.415. The Hall–Kier alpha value is -2.20. The van der Waals surface area contributed by atoms with E-state index in [2.05, 4.69) is 0 Å². The Bertz CT molecular complexity index is 911. The predicted molar refractivity (Wildman–Crippen MR) is 99.4 cm³/mol. The molecule has 25 heavy (non-hydrogen) atoms.